The third-order valence-corrected chi connectivity index (χ3v) is 5.64. The summed E-state index contributed by atoms with van der Waals surface area (Å²) in [5.41, 5.74) is 1.37. The van der Waals surface area contributed by atoms with Gasteiger partial charge in [-0.1, -0.05) is 25.0 Å². The Balaban J connectivity index is 1.48. The van der Waals surface area contributed by atoms with E-state index >= 15 is 0 Å². The fourth-order valence-corrected chi connectivity index (χ4v) is 4.28. The zero-order valence-corrected chi connectivity index (χ0v) is 14.0. The molecule has 4 rings (SSSR count). The maximum atomic E-state index is 12.7. The predicted molar refractivity (Wildman–Crippen MR) is 92.6 cm³/mol. The molecule has 1 saturated heterocycles. The number of carbonyl (C=O) groups excluding carboxylic acids is 1. The van der Waals surface area contributed by atoms with Gasteiger partial charge in [0.2, 0.25) is 5.91 Å². The number of hydrogen-bond donors (Lipinski definition) is 1. The number of aliphatic hydroxyl groups is 1. The Morgan fingerprint density at radius 3 is 2.88 bits per heavy atom. The number of hydrogen-bond acceptors (Lipinski definition) is 3. The molecule has 1 aromatic heterocycles. The lowest BCUT2D eigenvalue weighted by atomic mass is 9.96. The highest BCUT2D eigenvalue weighted by molar-refractivity contribution is 5.78. The molecule has 1 N–H and O–H groups in total. The van der Waals surface area contributed by atoms with E-state index in [0.717, 1.165) is 62.6 Å². The number of para-hydroxylation sites is 2. The molecule has 5 nitrogen and oxygen atoms in total. The van der Waals surface area contributed by atoms with Gasteiger partial charge in [0.1, 0.15) is 0 Å². The van der Waals surface area contributed by atoms with Crippen LogP contribution >= 0.6 is 0 Å². The minimum Gasteiger partial charge on any atom is -0.389 e. The number of carbonyl (C=O) groups is 1. The monoisotopic (exact) mass is 327 g/mol. The lowest BCUT2D eigenvalue weighted by molar-refractivity contribution is -0.137. The van der Waals surface area contributed by atoms with Crippen LogP contribution in [0.25, 0.3) is 11.0 Å². The van der Waals surface area contributed by atoms with E-state index in [-0.39, 0.29) is 18.4 Å². The first-order valence-corrected chi connectivity index (χ1v) is 9.06. The topological polar surface area (TPSA) is 58.4 Å². The molecule has 2 aliphatic rings. The number of nitrogens with zero attached hydrogens (tertiary/aromatic N) is 3. The van der Waals surface area contributed by atoms with Crippen molar-refractivity contribution in [2.24, 2.45) is 0 Å². The van der Waals surface area contributed by atoms with Crippen LogP contribution in [0.5, 0.6) is 0 Å². The number of imidazole rings is 1. The number of rotatable bonds is 3. The number of fused-ring (bicyclic) bond motifs is 1. The minimum atomic E-state index is -0.758. The van der Waals surface area contributed by atoms with Crippen LogP contribution in [0.15, 0.2) is 30.6 Å². The number of amides is 1. The smallest absolute Gasteiger partial charge is 0.225 e. The minimum absolute atomic E-state index is 0.105. The van der Waals surface area contributed by atoms with Gasteiger partial charge in [-0.05, 0) is 37.8 Å². The molecule has 1 saturated carbocycles. The summed E-state index contributed by atoms with van der Waals surface area (Å²) < 4.78 is 2.21. The number of benzene rings is 1. The van der Waals surface area contributed by atoms with E-state index in [2.05, 4.69) is 15.6 Å². The van der Waals surface area contributed by atoms with Gasteiger partial charge in [-0.15, -0.1) is 0 Å². The van der Waals surface area contributed by atoms with Crippen molar-refractivity contribution in [2.45, 2.75) is 56.6 Å². The second kappa shape index (κ2) is 6.20. The molecule has 2 fully saturated rings. The van der Waals surface area contributed by atoms with E-state index in [0.29, 0.717) is 0 Å². The van der Waals surface area contributed by atoms with Gasteiger partial charge >= 0.3 is 0 Å². The fourth-order valence-electron chi connectivity index (χ4n) is 4.28. The molecule has 1 unspecified atom stereocenters. The third-order valence-electron chi connectivity index (χ3n) is 5.64. The Morgan fingerprint density at radius 2 is 2.04 bits per heavy atom. The lowest BCUT2D eigenvalue weighted by Gasteiger charge is -2.35. The summed E-state index contributed by atoms with van der Waals surface area (Å²) in [6, 6.07) is 8.41. The normalized spacial score (nSPS) is 23.7. The van der Waals surface area contributed by atoms with Crippen molar-refractivity contribution < 1.29 is 9.90 Å². The average Bonchev–Trinajstić information content (AvgIpc) is 3.21. The maximum Gasteiger partial charge on any atom is 0.225 e. The van der Waals surface area contributed by atoms with Crippen molar-refractivity contribution in [1.29, 1.82) is 0 Å². The first-order valence-electron chi connectivity index (χ1n) is 9.06. The molecule has 2 aromatic rings. The van der Waals surface area contributed by atoms with Crippen LogP contribution in [-0.2, 0) is 4.79 Å². The van der Waals surface area contributed by atoms with Crippen molar-refractivity contribution in [2.75, 3.05) is 13.1 Å². The Hall–Kier alpha value is -1.88. The van der Waals surface area contributed by atoms with E-state index in [1.54, 1.807) is 0 Å². The quantitative estimate of drug-likeness (QED) is 0.943. The molecule has 0 radical (unpaired) electrons. The molecule has 2 heterocycles. The highest BCUT2D eigenvalue weighted by Gasteiger charge is 2.36. The Kier molecular flexibility index (Phi) is 4.04. The SMILES string of the molecule is O=C(CC1(O)CCCC1)N1CCCC(n2cnc3ccccc32)C1. The van der Waals surface area contributed by atoms with Crippen molar-refractivity contribution >= 4 is 16.9 Å². The second-order valence-corrected chi connectivity index (χ2v) is 7.38. The van der Waals surface area contributed by atoms with Gasteiger partial charge in [-0.3, -0.25) is 4.79 Å². The summed E-state index contributed by atoms with van der Waals surface area (Å²) in [4.78, 5) is 19.1. The van der Waals surface area contributed by atoms with Crippen LogP contribution in [0, 0.1) is 0 Å². The van der Waals surface area contributed by atoms with Crippen molar-refractivity contribution in [3.05, 3.63) is 30.6 Å². The number of likely N-dealkylation sites (tertiary alicyclic amines) is 1. The van der Waals surface area contributed by atoms with Crippen LogP contribution in [-0.4, -0.2) is 44.2 Å². The van der Waals surface area contributed by atoms with Crippen molar-refractivity contribution in [3.63, 3.8) is 0 Å². The average molecular weight is 327 g/mol. The molecular weight excluding hydrogens is 302 g/mol. The van der Waals surface area contributed by atoms with Crippen LogP contribution in [0.4, 0.5) is 0 Å². The summed E-state index contributed by atoms with van der Waals surface area (Å²) in [6.07, 6.45) is 7.85. The molecule has 1 atom stereocenters. The Labute approximate surface area is 142 Å². The Bertz CT molecular complexity index is 733. The maximum absolute atomic E-state index is 12.7. The third kappa shape index (κ3) is 2.93. The van der Waals surface area contributed by atoms with E-state index < -0.39 is 5.60 Å². The summed E-state index contributed by atoms with van der Waals surface area (Å²) in [7, 11) is 0. The zero-order chi connectivity index (χ0) is 16.6. The van der Waals surface area contributed by atoms with Gasteiger partial charge in [0, 0.05) is 13.1 Å². The largest absolute Gasteiger partial charge is 0.389 e. The zero-order valence-electron chi connectivity index (χ0n) is 14.0. The van der Waals surface area contributed by atoms with E-state index in [1.807, 2.05) is 29.4 Å². The van der Waals surface area contributed by atoms with E-state index in [1.165, 1.54) is 0 Å². The fraction of sp³-hybridized carbons (Fsp3) is 0.579. The molecule has 1 aliphatic heterocycles. The first kappa shape index (κ1) is 15.6. The molecular formula is C19H25N3O2. The van der Waals surface area contributed by atoms with Crippen LogP contribution in [0.3, 0.4) is 0 Å². The molecule has 1 aliphatic carbocycles. The molecule has 1 amide bonds. The lowest BCUT2D eigenvalue weighted by Crippen LogP contribution is -2.43. The molecule has 5 heteroatoms. The Morgan fingerprint density at radius 1 is 1.25 bits per heavy atom. The summed E-state index contributed by atoms with van der Waals surface area (Å²) in [5, 5.41) is 10.5. The predicted octanol–water partition coefficient (Wildman–Crippen LogP) is 2.90. The van der Waals surface area contributed by atoms with Crippen LogP contribution < -0.4 is 0 Å². The van der Waals surface area contributed by atoms with Gasteiger partial charge in [-0.25, -0.2) is 4.98 Å². The van der Waals surface area contributed by atoms with E-state index in [9.17, 15) is 9.90 Å². The molecule has 128 valence electrons. The molecule has 1 aromatic carbocycles. The molecule has 24 heavy (non-hydrogen) atoms. The van der Waals surface area contributed by atoms with Crippen LogP contribution in [0.1, 0.15) is 51.0 Å². The summed E-state index contributed by atoms with van der Waals surface area (Å²) in [5.74, 6) is 0.105. The standard InChI is InChI=1S/C19H25N3O2/c23-18(12-19(24)9-3-4-10-19)21-11-5-6-15(13-21)22-14-20-16-7-1-2-8-17(16)22/h1-2,7-8,14-15,24H,3-6,9-13H2. The van der Waals surface area contributed by atoms with Crippen molar-refractivity contribution in [3.8, 4) is 0 Å². The van der Waals surface area contributed by atoms with Gasteiger partial charge in [-0.2, -0.15) is 0 Å². The van der Waals surface area contributed by atoms with Gasteiger partial charge in [0.15, 0.2) is 0 Å². The summed E-state index contributed by atoms with van der Waals surface area (Å²) >= 11 is 0. The molecule has 0 bridgehead atoms. The first-order chi connectivity index (χ1) is 11.6. The highest BCUT2D eigenvalue weighted by Crippen LogP contribution is 2.34. The highest BCUT2D eigenvalue weighted by atomic mass is 16.3. The van der Waals surface area contributed by atoms with Crippen LogP contribution in [0.2, 0.25) is 0 Å². The second-order valence-electron chi connectivity index (χ2n) is 7.38. The van der Waals surface area contributed by atoms with Gasteiger partial charge < -0.3 is 14.6 Å². The van der Waals surface area contributed by atoms with Gasteiger partial charge in [0.05, 0.1) is 35.4 Å². The summed E-state index contributed by atoms with van der Waals surface area (Å²) in [6.45, 7) is 1.52. The van der Waals surface area contributed by atoms with Crippen molar-refractivity contribution in [1.82, 2.24) is 14.5 Å². The van der Waals surface area contributed by atoms with E-state index in [4.69, 9.17) is 0 Å². The van der Waals surface area contributed by atoms with Gasteiger partial charge in [0.25, 0.3) is 0 Å². The molecule has 0 spiro atoms. The number of piperidine rings is 1. The number of aromatic nitrogens is 2.